The van der Waals surface area contributed by atoms with E-state index in [0.717, 1.165) is 12.5 Å². The van der Waals surface area contributed by atoms with Crippen LogP contribution in [0, 0.1) is 12.8 Å². The average Bonchev–Trinajstić information content (AvgIpc) is 2.56. The Morgan fingerprint density at radius 2 is 1.92 bits per heavy atom. The Labute approximate surface area is 150 Å². The predicted molar refractivity (Wildman–Crippen MR) is 104 cm³/mol. The molecule has 0 aromatic heterocycles. The number of aliphatic imine (C=N–C) groups is 1. The normalized spacial score (nSPS) is 11.5. The van der Waals surface area contributed by atoms with Crippen LogP contribution in [0.3, 0.4) is 0 Å². The summed E-state index contributed by atoms with van der Waals surface area (Å²) in [4.78, 5) is 17.4. The van der Waals surface area contributed by atoms with Crippen LogP contribution in [-0.4, -0.2) is 37.8 Å². The van der Waals surface area contributed by atoms with Crippen LogP contribution in [0.1, 0.15) is 31.9 Å². The third-order valence-electron chi connectivity index (χ3n) is 3.44. The molecule has 0 heterocycles. The lowest BCUT2D eigenvalue weighted by Gasteiger charge is -2.13. The molecule has 0 atom stereocenters. The third kappa shape index (κ3) is 7.25. The van der Waals surface area contributed by atoms with Gasteiger partial charge in [-0.3, -0.25) is 4.79 Å². The number of carbonyl (C=O) groups is 1. The molecule has 6 heteroatoms. The Kier molecular flexibility index (Phi) is 9.30. The molecule has 0 bridgehead atoms. The van der Waals surface area contributed by atoms with Crippen molar-refractivity contribution in [3.8, 4) is 0 Å². The first-order valence-electron chi connectivity index (χ1n) is 8.41. The lowest BCUT2D eigenvalue weighted by molar-refractivity contribution is -0.123. The average molecular weight is 351 g/mol. The van der Waals surface area contributed by atoms with Gasteiger partial charge in [0.1, 0.15) is 0 Å². The summed E-state index contributed by atoms with van der Waals surface area (Å²) in [6.07, 6.45) is 2.09. The zero-order valence-corrected chi connectivity index (χ0v) is 16.2. The summed E-state index contributed by atoms with van der Waals surface area (Å²) in [6.45, 7) is 10.6. The Morgan fingerprint density at radius 1 is 1.21 bits per heavy atom. The summed E-state index contributed by atoms with van der Waals surface area (Å²) in [5.41, 5.74) is 2.48. The molecule has 24 heavy (non-hydrogen) atoms. The van der Waals surface area contributed by atoms with Crippen molar-refractivity contribution in [1.29, 1.82) is 0 Å². The van der Waals surface area contributed by atoms with E-state index in [-0.39, 0.29) is 11.8 Å². The summed E-state index contributed by atoms with van der Waals surface area (Å²) < 4.78 is 0. The highest BCUT2D eigenvalue weighted by Gasteiger charge is 2.06. The number of benzene rings is 1. The second-order valence-corrected chi connectivity index (χ2v) is 6.73. The minimum absolute atomic E-state index is 0.0124. The fourth-order valence-electron chi connectivity index (χ4n) is 2.06. The first-order valence-corrected chi connectivity index (χ1v) is 9.63. The summed E-state index contributed by atoms with van der Waals surface area (Å²) in [5, 5.41) is 9.37. The minimum Gasteiger partial charge on any atom is -0.357 e. The van der Waals surface area contributed by atoms with E-state index in [1.165, 1.54) is 16.0 Å². The molecule has 3 N–H and O–H groups in total. The van der Waals surface area contributed by atoms with Gasteiger partial charge in [0.15, 0.2) is 5.96 Å². The molecule has 0 radical (unpaired) electrons. The van der Waals surface area contributed by atoms with Crippen LogP contribution >= 0.6 is 11.8 Å². The van der Waals surface area contributed by atoms with Gasteiger partial charge in [-0.05, 0) is 37.3 Å². The molecule has 0 aliphatic heterocycles. The van der Waals surface area contributed by atoms with Crippen LogP contribution in [0.5, 0.6) is 0 Å². The van der Waals surface area contributed by atoms with Crippen LogP contribution in [0.25, 0.3) is 0 Å². The largest absolute Gasteiger partial charge is 0.357 e. The maximum Gasteiger partial charge on any atom is 0.222 e. The molecular weight excluding hydrogens is 320 g/mol. The molecular formula is C18H30N4OS. The van der Waals surface area contributed by atoms with Gasteiger partial charge in [0.25, 0.3) is 0 Å². The smallest absolute Gasteiger partial charge is 0.222 e. The number of guanidine groups is 1. The molecule has 1 rings (SSSR count). The standard InChI is InChI=1S/C18H30N4OS/c1-6-19-18(21-10-9-20-17(23)13(2)3)22-12-15-8-7-14(4)11-16(15)24-5/h7-8,11,13H,6,9-10,12H2,1-5H3,(H,20,23)(H2,19,21,22). The van der Waals surface area contributed by atoms with E-state index in [2.05, 4.69) is 52.3 Å². The fraction of sp³-hybridized carbons (Fsp3) is 0.556. The number of hydrogen-bond acceptors (Lipinski definition) is 3. The molecule has 0 saturated heterocycles. The molecule has 134 valence electrons. The van der Waals surface area contributed by atoms with Gasteiger partial charge in [0.2, 0.25) is 5.91 Å². The van der Waals surface area contributed by atoms with Crippen LogP contribution in [0.4, 0.5) is 0 Å². The van der Waals surface area contributed by atoms with Crippen LogP contribution in [0.15, 0.2) is 28.1 Å². The number of hydrogen-bond donors (Lipinski definition) is 3. The quantitative estimate of drug-likeness (QED) is 0.292. The van der Waals surface area contributed by atoms with Crippen molar-refractivity contribution in [3.63, 3.8) is 0 Å². The Bertz CT molecular complexity index is 558. The SMILES string of the molecule is CCNC(=NCc1ccc(C)cc1SC)NCCNC(=O)C(C)C. The highest BCUT2D eigenvalue weighted by molar-refractivity contribution is 7.98. The van der Waals surface area contributed by atoms with Gasteiger partial charge in [0, 0.05) is 30.4 Å². The Hall–Kier alpha value is -1.69. The van der Waals surface area contributed by atoms with Crippen molar-refractivity contribution >= 4 is 23.6 Å². The van der Waals surface area contributed by atoms with E-state index in [0.29, 0.717) is 19.6 Å². The zero-order chi connectivity index (χ0) is 17.9. The second kappa shape index (κ2) is 11.0. The molecule has 0 saturated carbocycles. The molecule has 0 spiro atoms. The van der Waals surface area contributed by atoms with Gasteiger partial charge in [0.05, 0.1) is 6.54 Å². The van der Waals surface area contributed by atoms with Gasteiger partial charge in [-0.1, -0.05) is 26.0 Å². The summed E-state index contributed by atoms with van der Waals surface area (Å²) >= 11 is 1.74. The lowest BCUT2D eigenvalue weighted by atomic mass is 10.1. The van der Waals surface area contributed by atoms with Crippen LogP contribution in [-0.2, 0) is 11.3 Å². The number of rotatable bonds is 8. The molecule has 5 nitrogen and oxygen atoms in total. The topological polar surface area (TPSA) is 65.5 Å². The number of nitrogens with zero attached hydrogens (tertiary/aromatic N) is 1. The van der Waals surface area contributed by atoms with Crippen molar-refractivity contribution in [2.45, 2.75) is 39.1 Å². The predicted octanol–water partition coefficient (Wildman–Crippen LogP) is 2.54. The van der Waals surface area contributed by atoms with Crippen molar-refractivity contribution in [1.82, 2.24) is 16.0 Å². The molecule has 1 aromatic rings. The number of aryl methyl sites for hydroxylation is 1. The summed E-state index contributed by atoms with van der Waals surface area (Å²) in [7, 11) is 0. The lowest BCUT2D eigenvalue weighted by Crippen LogP contribution is -2.42. The van der Waals surface area contributed by atoms with E-state index < -0.39 is 0 Å². The number of nitrogens with one attached hydrogen (secondary N) is 3. The van der Waals surface area contributed by atoms with E-state index in [1.54, 1.807) is 11.8 Å². The molecule has 1 aromatic carbocycles. The Morgan fingerprint density at radius 3 is 2.54 bits per heavy atom. The van der Waals surface area contributed by atoms with Crippen molar-refractivity contribution in [2.75, 3.05) is 25.9 Å². The van der Waals surface area contributed by atoms with Crippen molar-refractivity contribution in [2.24, 2.45) is 10.9 Å². The van der Waals surface area contributed by atoms with Gasteiger partial charge in [-0.15, -0.1) is 11.8 Å². The highest BCUT2D eigenvalue weighted by Crippen LogP contribution is 2.22. The first kappa shape index (κ1) is 20.4. The van der Waals surface area contributed by atoms with Crippen molar-refractivity contribution in [3.05, 3.63) is 29.3 Å². The van der Waals surface area contributed by atoms with Gasteiger partial charge < -0.3 is 16.0 Å². The van der Waals surface area contributed by atoms with E-state index in [1.807, 2.05) is 20.8 Å². The summed E-state index contributed by atoms with van der Waals surface area (Å²) in [6, 6.07) is 6.45. The molecule has 0 fully saturated rings. The van der Waals surface area contributed by atoms with Gasteiger partial charge in [-0.2, -0.15) is 0 Å². The molecule has 0 aliphatic rings. The van der Waals surface area contributed by atoms with E-state index in [4.69, 9.17) is 0 Å². The van der Waals surface area contributed by atoms with E-state index >= 15 is 0 Å². The number of thioether (sulfide) groups is 1. The van der Waals surface area contributed by atoms with Gasteiger partial charge >= 0.3 is 0 Å². The maximum atomic E-state index is 11.5. The van der Waals surface area contributed by atoms with E-state index in [9.17, 15) is 4.79 Å². The number of amides is 1. The number of carbonyl (C=O) groups excluding carboxylic acids is 1. The van der Waals surface area contributed by atoms with Crippen molar-refractivity contribution < 1.29 is 4.79 Å². The van der Waals surface area contributed by atoms with Crippen LogP contribution in [0.2, 0.25) is 0 Å². The minimum atomic E-state index is 0.0124. The summed E-state index contributed by atoms with van der Waals surface area (Å²) in [5.74, 6) is 0.852. The molecule has 0 unspecified atom stereocenters. The Balaban J connectivity index is 2.58. The highest BCUT2D eigenvalue weighted by atomic mass is 32.2. The second-order valence-electron chi connectivity index (χ2n) is 5.88. The first-order chi connectivity index (χ1) is 11.5. The zero-order valence-electron chi connectivity index (χ0n) is 15.4. The third-order valence-corrected chi connectivity index (χ3v) is 4.26. The molecule has 1 amide bonds. The monoisotopic (exact) mass is 350 g/mol. The maximum absolute atomic E-state index is 11.5. The fourth-order valence-corrected chi connectivity index (χ4v) is 2.76. The molecule has 0 aliphatic carbocycles. The van der Waals surface area contributed by atoms with Gasteiger partial charge in [-0.25, -0.2) is 4.99 Å². The van der Waals surface area contributed by atoms with Crippen LogP contribution < -0.4 is 16.0 Å².